The van der Waals surface area contributed by atoms with Crippen molar-refractivity contribution in [1.82, 2.24) is 0 Å². The number of hydrogen-bond acceptors (Lipinski definition) is 2. The Morgan fingerprint density at radius 1 is 1.29 bits per heavy atom. The van der Waals surface area contributed by atoms with Crippen LogP contribution in [-0.4, -0.2) is 12.4 Å². The molecular weight excluding hydrogens is 212 g/mol. The number of carbonyl (C=O) groups excluding carboxylic acids is 1. The summed E-state index contributed by atoms with van der Waals surface area (Å²) in [5.41, 5.74) is 2.65. The highest BCUT2D eigenvalue weighted by Gasteiger charge is 2.54. The van der Waals surface area contributed by atoms with Gasteiger partial charge in [-0.3, -0.25) is 4.79 Å². The number of hydrogen-bond donors (Lipinski definition) is 0. The Morgan fingerprint density at radius 3 is 3.18 bits per heavy atom. The van der Waals surface area contributed by atoms with Crippen LogP contribution >= 0.6 is 0 Å². The molecule has 0 bridgehead atoms. The van der Waals surface area contributed by atoms with Crippen molar-refractivity contribution in [3.8, 4) is 5.75 Å². The molecule has 0 aromatic heterocycles. The Morgan fingerprint density at radius 2 is 2.24 bits per heavy atom. The molecule has 0 amide bonds. The van der Waals surface area contributed by atoms with Gasteiger partial charge in [-0.2, -0.15) is 0 Å². The summed E-state index contributed by atoms with van der Waals surface area (Å²) in [6.45, 7) is 0.732. The molecule has 1 aromatic carbocycles. The van der Waals surface area contributed by atoms with Crippen molar-refractivity contribution in [2.45, 2.75) is 37.5 Å². The molecule has 1 heterocycles. The number of ketones is 1. The molecule has 4 rings (SSSR count). The molecule has 3 aliphatic rings. The number of carbonyl (C=O) groups is 1. The van der Waals surface area contributed by atoms with Gasteiger partial charge in [-0.25, -0.2) is 0 Å². The summed E-state index contributed by atoms with van der Waals surface area (Å²) in [7, 11) is 0. The average Bonchev–Trinajstić information content (AvgIpc) is 2.71. The van der Waals surface area contributed by atoms with E-state index < -0.39 is 0 Å². The van der Waals surface area contributed by atoms with Crippen molar-refractivity contribution in [3.05, 3.63) is 29.3 Å². The number of ether oxygens (including phenoxy) is 1. The minimum atomic E-state index is 0.0412. The fraction of sp³-hybridized carbons (Fsp3) is 0.533. The summed E-state index contributed by atoms with van der Waals surface area (Å²) in [5.74, 6) is 1.72. The average molecular weight is 228 g/mol. The Hall–Kier alpha value is -1.31. The van der Waals surface area contributed by atoms with E-state index in [1.807, 2.05) is 6.07 Å². The molecule has 17 heavy (non-hydrogen) atoms. The van der Waals surface area contributed by atoms with Gasteiger partial charge >= 0.3 is 0 Å². The molecule has 1 spiro atoms. The third-order valence-electron chi connectivity index (χ3n) is 4.88. The number of rotatable bonds is 0. The zero-order valence-electron chi connectivity index (χ0n) is 9.87. The van der Waals surface area contributed by atoms with Gasteiger partial charge in [-0.05, 0) is 24.5 Å². The predicted molar refractivity (Wildman–Crippen MR) is 64.3 cm³/mol. The van der Waals surface area contributed by atoms with Crippen molar-refractivity contribution >= 4 is 5.78 Å². The maximum Gasteiger partial charge on any atom is 0.141 e. The van der Waals surface area contributed by atoms with Crippen LogP contribution in [-0.2, 0) is 16.6 Å². The van der Waals surface area contributed by atoms with E-state index in [-0.39, 0.29) is 11.3 Å². The first-order valence-corrected chi connectivity index (χ1v) is 6.59. The van der Waals surface area contributed by atoms with E-state index in [0.717, 1.165) is 25.2 Å². The van der Waals surface area contributed by atoms with E-state index in [2.05, 4.69) is 12.1 Å². The Kier molecular flexibility index (Phi) is 1.78. The minimum Gasteiger partial charge on any atom is -0.492 e. The number of benzene rings is 1. The molecule has 1 aromatic rings. The van der Waals surface area contributed by atoms with Gasteiger partial charge in [0.2, 0.25) is 0 Å². The molecule has 1 saturated carbocycles. The summed E-state index contributed by atoms with van der Waals surface area (Å²) in [5, 5.41) is 0. The van der Waals surface area contributed by atoms with E-state index in [0.29, 0.717) is 12.2 Å². The van der Waals surface area contributed by atoms with Gasteiger partial charge in [0.05, 0.1) is 6.61 Å². The quantitative estimate of drug-likeness (QED) is 0.682. The second kappa shape index (κ2) is 3.12. The minimum absolute atomic E-state index is 0.0412. The molecule has 1 fully saturated rings. The lowest BCUT2D eigenvalue weighted by Crippen LogP contribution is -2.47. The van der Waals surface area contributed by atoms with Gasteiger partial charge in [0.1, 0.15) is 11.5 Å². The lowest BCUT2D eigenvalue weighted by atomic mass is 9.58. The van der Waals surface area contributed by atoms with Crippen LogP contribution in [0.5, 0.6) is 5.75 Å². The lowest BCUT2D eigenvalue weighted by Gasteiger charge is -2.43. The molecule has 2 nitrogen and oxygen atoms in total. The second-order valence-electron chi connectivity index (χ2n) is 5.68. The van der Waals surface area contributed by atoms with Crippen molar-refractivity contribution in [2.24, 2.45) is 5.92 Å². The molecular formula is C15H16O2. The van der Waals surface area contributed by atoms with Gasteiger partial charge in [0, 0.05) is 23.3 Å². The van der Waals surface area contributed by atoms with Gasteiger partial charge in [-0.1, -0.05) is 25.0 Å². The highest BCUT2D eigenvalue weighted by atomic mass is 16.5. The van der Waals surface area contributed by atoms with Crippen molar-refractivity contribution in [1.29, 1.82) is 0 Å². The number of Topliss-reactive ketones (excluding diaryl/α,β-unsaturated/α-hetero) is 1. The maximum absolute atomic E-state index is 12.3. The third kappa shape index (κ3) is 1.09. The van der Waals surface area contributed by atoms with Crippen LogP contribution in [0, 0.1) is 5.92 Å². The predicted octanol–water partition coefficient (Wildman–Crippen LogP) is 2.63. The summed E-state index contributed by atoms with van der Waals surface area (Å²) >= 11 is 0. The molecule has 88 valence electrons. The monoisotopic (exact) mass is 228 g/mol. The Labute approximate surface area is 101 Å². The molecule has 0 saturated heterocycles. The van der Waals surface area contributed by atoms with E-state index in [1.54, 1.807) is 0 Å². The smallest absolute Gasteiger partial charge is 0.141 e. The molecule has 0 radical (unpaired) electrons. The van der Waals surface area contributed by atoms with E-state index in [4.69, 9.17) is 4.74 Å². The summed E-state index contributed by atoms with van der Waals surface area (Å²) in [6.07, 6.45) is 5.26. The normalized spacial score (nSPS) is 33.9. The topological polar surface area (TPSA) is 26.3 Å². The first-order valence-electron chi connectivity index (χ1n) is 6.59. The van der Waals surface area contributed by atoms with E-state index in [9.17, 15) is 4.79 Å². The highest BCUT2D eigenvalue weighted by molar-refractivity contribution is 5.88. The van der Waals surface area contributed by atoms with Gasteiger partial charge in [-0.15, -0.1) is 0 Å². The molecule has 2 atom stereocenters. The summed E-state index contributed by atoms with van der Waals surface area (Å²) < 4.78 is 5.88. The lowest BCUT2D eigenvalue weighted by molar-refractivity contribution is -0.127. The van der Waals surface area contributed by atoms with Crippen LogP contribution in [0.4, 0.5) is 0 Å². The third-order valence-corrected chi connectivity index (χ3v) is 4.88. The van der Waals surface area contributed by atoms with Crippen LogP contribution in [0.2, 0.25) is 0 Å². The van der Waals surface area contributed by atoms with Crippen molar-refractivity contribution in [2.75, 3.05) is 6.61 Å². The zero-order chi connectivity index (χ0) is 11.5. The van der Waals surface area contributed by atoms with Crippen molar-refractivity contribution < 1.29 is 9.53 Å². The summed E-state index contributed by atoms with van der Waals surface area (Å²) in [6, 6.07) is 6.19. The van der Waals surface area contributed by atoms with Crippen LogP contribution in [0.1, 0.15) is 36.8 Å². The Balaban J connectivity index is 1.98. The highest BCUT2D eigenvalue weighted by Crippen LogP contribution is 2.55. The first-order chi connectivity index (χ1) is 8.31. The fourth-order valence-electron chi connectivity index (χ4n) is 4.18. The van der Waals surface area contributed by atoms with Crippen molar-refractivity contribution in [3.63, 3.8) is 0 Å². The van der Waals surface area contributed by atoms with Crippen LogP contribution in [0.3, 0.4) is 0 Å². The maximum atomic E-state index is 12.3. The molecule has 2 aliphatic carbocycles. The SMILES string of the molecule is O=C1Cc2cccc3c2[C@]2(CCCC[C@@H]12)CO3. The van der Waals surface area contributed by atoms with Crippen LogP contribution in [0.25, 0.3) is 0 Å². The van der Waals surface area contributed by atoms with Crippen LogP contribution in [0.15, 0.2) is 18.2 Å². The molecule has 2 heteroatoms. The summed E-state index contributed by atoms with van der Waals surface area (Å²) in [4.78, 5) is 12.3. The fourth-order valence-corrected chi connectivity index (χ4v) is 4.18. The standard InChI is InChI=1S/C15H16O2/c16-12-8-10-4-3-6-13-14(10)15(9-17-13)7-2-1-5-11(12)15/h3-4,6,11H,1-2,5,7-9H2/t11-,15+/m0/s1. The molecule has 0 unspecified atom stereocenters. The molecule has 1 aliphatic heterocycles. The first kappa shape index (κ1) is 9.69. The van der Waals surface area contributed by atoms with E-state index >= 15 is 0 Å². The van der Waals surface area contributed by atoms with Crippen LogP contribution < -0.4 is 4.74 Å². The van der Waals surface area contributed by atoms with E-state index in [1.165, 1.54) is 24.0 Å². The zero-order valence-corrected chi connectivity index (χ0v) is 9.87. The second-order valence-corrected chi connectivity index (χ2v) is 5.68. The Bertz CT molecular complexity index is 502. The van der Waals surface area contributed by atoms with Gasteiger partial charge in [0.15, 0.2) is 0 Å². The van der Waals surface area contributed by atoms with Gasteiger partial charge in [0.25, 0.3) is 0 Å². The van der Waals surface area contributed by atoms with Gasteiger partial charge < -0.3 is 4.74 Å². The largest absolute Gasteiger partial charge is 0.492 e. The molecule has 0 N–H and O–H groups in total.